The number of amides is 1. The number of carboxylic acids is 1. The summed E-state index contributed by atoms with van der Waals surface area (Å²) in [5.41, 5.74) is 2.06. The molecule has 0 unspecified atom stereocenters. The minimum Gasteiger partial charge on any atom is -0.481 e. The van der Waals surface area contributed by atoms with Crippen LogP contribution in [0.2, 0.25) is 0 Å². The number of nitrogens with zero attached hydrogens (tertiary/aromatic N) is 6. The van der Waals surface area contributed by atoms with E-state index in [0.29, 0.717) is 42.4 Å². The molecule has 4 heterocycles. The normalized spacial score (nSPS) is 14.1. The number of aromatic nitrogens is 4. The highest BCUT2D eigenvalue weighted by Crippen LogP contribution is 2.34. The van der Waals surface area contributed by atoms with E-state index in [1.54, 1.807) is 35.9 Å². The molecule has 0 spiro atoms. The highest BCUT2D eigenvalue weighted by Gasteiger charge is 2.25. The molecule has 0 bridgehead atoms. The summed E-state index contributed by atoms with van der Waals surface area (Å²) in [6, 6.07) is 7.52. The smallest absolute Gasteiger partial charge is 0.313 e. The number of carbonyl (C=O) groups excluding carboxylic acids is 1. The first-order valence-electron chi connectivity index (χ1n) is 10.9. The van der Waals surface area contributed by atoms with Crippen molar-refractivity contribution < 1.29 is 14.7 Å². The van der Waals surface area contributed by atoms with Gasteiger partial charge in [-0.05, 0) is 30.7 Å². The minimum atomic E-state index is -0.900. The third-order valence-corrected chi connectivity index (χ3v) is 7.66. The van der Waals surface area contributed by atoms with Gasteiger partial charge in [0.1, 0.15) is 10.6 Å². The predicted octanol–water partition coefficient (Wildman–Crippen LogP) is 3.34. The van der Waals surface area contributed by atoms with Gasteiger partial charge in [0.25, 0.3) is 5.91 Å². The van der Waals surface area contributed by atoms with Crippen molar-refractivity contribution in [3.63, 3.8) is 0 Å². The van der Waals surface area contributed by atoms with Gasteiger partial charge >= 0.3 is 5.97 Å². The van der Waals surface area contributed by atoms with Gasteiger partial charge < -0.3 is 14.9 Å². The lowest BCUT2D eigenvalue weighted by Crippen LogP contribution is -2.49. The Morgan fingerprint density at radius 2 is 1.82 bits per heavy atom. The number of hydrogen-bond acceptors (Lipinski definition) is 9. The fraction of sp³-hybridized carbons (Fsp3) is 0.304. The molecule has 1 saturated heterocycles. The summed E-state index contributed by atoms with van der Waals surface area (Å²) in [6.07, 6.45) is 4.15. The number of aryl methyl sites for hydroxylation is 1. The minimum absolute atomic E-state index is 0.0263. The van der Waals surface area contributed by atoms with Gasteiger partial charge in [0.2, 0.25) is 0 Å². The summed E-state index contributed by atoms with van der Waals surface area (Å²) < 4.78 is 0. The van der Waals surface area contributed by atoms with Crippen LogP contribution in [0.5, 0.6) is 0 Å². The highest BCUT2D eigenvalue weighted by atomic mass is 32.2. The Hall–Kier alpha value is -3.31. The second kappa shape index (κ2) is 9.51. The summed E-state index contributed by atoms with van der Waals surface area (Å²) in [5.74, 6) is -0.207. The van der Waals surface area contributed by atoms with Gasteiger partial charge in [-0.1, -0.05) is 18.7 Å². The number of anilines is 1. The number of carbonyl (C=O) groups is 2. The van der Waals surface area contributed by atoms with E-state index in [1.165, 1.54) is 4.88 Å². The molecule has 0 radical (unpaired) electrons. The third kappa shape index (κ3) is 4.53. The highest BCUT2D eigenvalue weighted by molar-refractivity contribution is 7.99. The second-order valence-electron chi connectivity index (χ2n) is 7.84. The molecule has 0 aliphatic carbocycles. The molecule has 1 aliphatic heterocycles. The van der Waals surface area contributed by atoms with Crippen LogP contribution < -0.4 is 4.90 Å². The van der Waals surface area contributed by atoms with Gasteiger partial charge in [0, 0.05) is 49.0 Å². The van der Waals surface area contributed by atoms with Crippen molar-refractivity contribution in [1.82, 2.24) is 24.8 Å². The van der Waals surface area contributed by atoms with E-state index in [2.05, 4.69) is 32.8 Å². The number of aliphatic carboxylic acids is 1. The van der Waals surface area contributed by atoms with Gasteiger partial charge in [0.15, 0.2) is 5.16 Å². The van der Waals surface area contributed by atoms with Crippen LogP contribution in [0, 0.1) is 0 Å². The Balaban J connectivity index is 1.35. The third-order valence-electron chi connectivity index (χ3n) is 5.66. The maximum Gasteiger partial charge on any atom is 0.313 e. The lowest BCUT2D eigenvalue weighted by molar-refractivity contribution is -0.133. The monoisotopic (exact) mass is 494 g/mol. The summed E-state index contributed by atoms with van der Waals surface area (Å²) in [4.78, 5) is 48.1. The predicted molar refractivity (Wildman–Crippen MR) is 133 cm³/mol. The topological polar surface area (TPSA) is 112 Å². The molecule has 1 aliphatic rings. The molecule has 1 amide bonds. The Morgan fingerprint density at radius 1 is 1.06 bits per heavy atom. The number of hydrogen-bond donors (Lipinski definition) is 1. The Morgan fingerprint density at radius 3 is 2.56 bits per heavy atom. The molecule has 5 rings (SSSR count). The summed E-state index contributed by atoms with van der Waals surface area (Å²) in [5, 5.41) is 10.5. The van der Waals surface area contributed by atoms with Gasteiger partial charge in [-0.15, -0.1) is 11.3 Å². The molecule has 1 aromatic carbocycles. The first kappa shape index (κ1) is 22.5. The average Bonchev–Trinajstić information content (AvgIpc) is 3.30. The van der Waals surface area contributed by atoms with Gasteiger partial charge in [-0.3, -0.25) is 19.6 Å². The lowest BCUT2D eigenvalue weighted by Gasteiger charge is -2.35. The van der Waals surface area contributed by atoms with Crippen LogP contribution in [-0.4, -0.2) is 73.8 Å². The van der Waals surface area contributed by atoms with Crippen molar-refractivity contribution in [2.45, 2.75) is 18.5 Å². The molecule has 0 saturated carbocycles. The van der Waals surface area contributed by atoms with Crippen LogP contribution in [0.4, 0.5) is 5.82 Å². The number of piperazine rings is 1. The van der Waals surface area contributed by atoms with Gasteiger partial charge in [-0.25, -0.2) is 9.97 Å². The molecule has 34 heavy (non-hydrogen) atoms. The van der Waals surface area contributed by atoms with E-state index in [1.807, 2.05) is 11.0 Å². The summed E-state index contributed by atoms with van der Waals surface area (Å²) >= 11 is 2.74. The molecule has 3 aromatic heterocycles. The van der Waals surface area contributed by atoms with E-state index < -0.39 is 5.97 Å². The van der Waals surface area contributed by atoms with E-state index in [-0.39, 0.29) is 11.7 Å². The van der Waals surface area contributed by atoms with Crippen molar-refractivity contribution in [3.8, 4) is 0 Å². The molecule has 0 atom stereocenters. The molecule has 9 nitrogen and oxygen atoms in total. The van der Waals surface area contributed by atoms with E-state index in [9.17, 15) is 9.59 Å². The van der Waals surface area contributed by atoms with E-state index in [4.69, 9.17) is 10.1 Å². The zero-order valence-electron chi connectivity index (χ0n) is 18.5. The van der Waals surface area contributed by atoms with Crippen molar-refractivity contribution in [2.75, 3.05) is 36.8 Å². The zero-order valence-corrected chi connectivity index (χ0v) is 20.1. The first-order chi connectivity index (χ1) is 16.5. The molecule has 1 fully saturated rings. The number of benzene rings is 1. The van der Waals surface area contributed by atoms with Crippen molar-refractivity contribution in [1.29, 1.82) is 0 Å². The number of rotatable bonds is 6. The van der Waals surface area contributed by atoms with E-state index in [0.717, 1.165) is 39.7 Å². The van der Waals surface area contributed by atoms with Crippen molar-refractivity contribution in [3.05, 3.63) is 47.1 Å². The van der Waals surface area contributed by atoms with Crippen LogP contribution in [0.25, 0.3) is 21.3 Å². The fourth-order valence-electron chi connectivity index (χ4n) is 3.94. The Bertz CT molecular complexity index is 1380. The first-order valence-corrected chi connectivity index (χ1v) is 12.7. The van der Waals surface area contributed by atoms with Crippen LogP contribution >= 0.6 is 23.1 Å². The van der Waals surface area contributed by atoms with E-state index >= 15 is 0 Å². The number of thioether (sulfide) groups is 1. The number of fused-ring (bicyclic) bond motifs is 2. The summed E-state index contributed by atoms with van der Waals surface area (Å²) in [6.45, 7) is 4.48. The molecule has 174 valence electrons. The zero-order chi connectivity index (χ0) is 23.7. The number of carboxylic acid groups (broad SMARTS) is 1. The molecule has 11 heteroatoms. The lowest BCUT2D eigenvalue weighted by atomic mass is 10.1. The van der Waals surface area contributed by atoms with Crippen LogP contribution in [0.15, 0.2) is 41.8 Å². The largest absolute Gasteiger partial charge is 0.481 e. The second-order valence-corrected chi connectivity index (χ2v) is 9.89. The fourth-order valence-corrected chi connectivity index (χ4v) is 5.52. The van der Waals surface area contributed by atoms with Crippen molar-refractivity contribution in [2.24, 2.45) is 0 Å². The summed E-state index contributed by atoms with van der Waals surface area (Å²) in [7, 11) is 0. The molecular weight excluding hydrogens is 472 g/mol. The van der Waals surface area contributed by atoms with Crippen LogP contribution in [0.3, 0.4) is 0 Å². The van der Waals surface area contributed by atoms with Crippen LogP contribution in [0.1, 0.15) is 22.2 Å². The SMILES string of the molecule is CCc1cc2c(N3CCN(C(=O)c4ccc5nccnc5c4)CC3)nc(SCC(=O)O)nc2s1. The average molecular weight is 495 g/mol. The maximum absolute atomic E-state index is 13.1. The van der Waals surface area contributed by atoms with Gasteiger partial charge in [0.05, 0.1) is 22.2 Å². The van der Waals surface area contributed by atoms with Gasteiger partial charge in [-0.2, -0.15) is 0 Å². The quantitative estimate of drug-likeness (QED) is 0.318. The molecule has 1 N–H and O–H groups in total. The Labute approximate surface area is 203 Å². The standard InChI is InChI=1S/C23H22N6O3S2/c1-2-15-12-16-20(26-23(27-21(16)34-15)33-13-19(30)31)28-7-9-29(10-8-28)22(32)14-3-4-17-18(11-14)25-6-5-24-17/h3-6,11-12H,2,7-10,13H2,1H3,(H,30,31). The van der Waals surface area contributed by atoms with Crippen molar-refractivity contribution >= 4 is 62.0 Å². The molecule has 4 aromatic rings. The molecular formula is C23H22N6O3S2. The number of thiophene rings is 1. The Kier molecular flexibility index (Phi) is 6.29. The maximum atomic E-state index is 13.1. The van der Waals surface area contributed by atoms with Crippen LogP contribution in [-0.2, 0) is 11.2 Å².